The summed E-state index contributed by atoms with van der Waals surface area (Å²) in [4.78, 5) is 8.43. The highest BCUT2D eigenvalue weighted by Gasteiger charge is 2.17. The predicted molar refractivity (Wildman–Crippen MR) is 80.5 cm³/mol. The number of hydrogen-bond acceptors (Lipinski definition) is 4. The maximum Gasteiger partial charge on any atom is 0.0572 e. The number of nitrogens with zero attached hydrogens (tertiary/aromatic N) is 2. The van der Waals surface area contributed by atoms with Crippen LogP contribution >= 0.6 is 11.3 Å². The van der Waals surface area contributed by atoms with Gasteiger partial charge in [0.15, 0.2) is 0 Å². The summed E-state index contributed by atoms with van der Waals surface area (Å²) in [6, 6.07) is 6.50. The van der Waals surface area contributed by atoms with Crippen LogP contribution in [0.2, 0.25) is 0 Å². The fourth-order valence-electron chi connectivity index (χ4n) is 2.48. The van der Waals surface area contributed by atoms with Gasteiger partial charge in [0.2, 0.25) is 0 Å². The summed E-state index contributed by atoms with van der Waals surface area (Å²) in [5, 5.41) is 2.19. The Morgan fingerprint density at radius 1 is 1.42 bits per heavy atom. The molecule has 3 rings (SSSR count). The van der Waals surface area contributed by atoms with Gasteiger partial charge < -0.3 is 10.6 Å². The van der Waals surface area contributed by atoms with Crippen molar-refractivity contribution in [1.29, 1.82) is 0 Å². The smallest absolute Gasteiger partial charge is 0.0572 e. The van der Waals surface area contributed by atoms with Crippen LogP contribution in [0.5, 0.6) is 0 Å². The molecule has 2 aromatic rings. The number of hydrogen-bond donors (Lipinski definition) is 1. The quantitative estimate of drug-likeness (QED) is 0.934. The molecule has 0 fully saturated rings. The van der Waals surface area contributed by atoms with E-state index in [1.807, 2.05) is 17.5 Å². The molecular formula is C15H19N3S. The lowest BCUT2D eigenvalue weighted by atomic mass is 10.1. The van der Waals surface area contributed by atoms with Gasteiger partial charge in [-0.1, -0.05) is 6.92 Å². The van der Waals surface area contributed by atoms with E-state index in [0.717, 1.165) is 31.6 Å². The van der Waals surface area contributed by atoms with E-state index in [2.05, 4.69) is 40.4 Å². The van der Waals surface area contributed by atoms with E-state index in [-0.39, 0.29) is 6.04 Å². The van der Waals surface area contributed by atoms with Crippen LogP contribution in [-0.2, 0) is 13.0 Å². The number of anilines is 1. The molecular weight excluding hydrogens is 254 g/mol. The SMILES string of the molecule is CC[C@@H](N)c1ccc(N2CCc3sccc3C2)cn1. The van der Waals surface area contributed by atoms with Gasteiger partial charge in [-0.25, -0.2) is 0 Å². The molecule has 0 aliphatic carbocycles. The summed E-state index contributed by atoms with van der Waals surface area (Å²) in [7, 11) is 0. The van der Waals surface area contributed by atoms with Crippen LogP contribution in [0, 0.1) is 0 Å². The highest BCUT2D eigenvalue weighted by molar-refractivity contribution is 7.10. The zero-order valence-electron chi connectivity index (χ0n) is 11.2. The van der Waals surface area contributed by atoms with E-state index in [9.17, 15) is 0 Å². The summed E-state index contributed by atoms with van der Waals surface area (Å²) in [6.45, 7) is 4.16. The summed E-state index contributed by atoms with van der Waals surface area (Å²) in [5.74, 6) is 0. The summed E-state index contributed by atoms with van der Waals surface area (Å²) in [6.07, 6.45) is 4.03. The molecule has 0 amide bonds. The molecule has 1 atom stereocenters. The van der Waals surface area contributed by atoms with Gasteiger partial charge in [-0.15, -0.1) is 11.3 Å². The molecule has 4 heteroatoms. The Hall–Kier alpha value is -1.39. The van der Waals surface area contributed by atoms with Crippen molar-refractivity contribution in [3.63, 3.8) is 0 Å². The predicted octanol–water partition coefficient (Wildman–Crippen LogP) is 3.12. The second-order valence-corrected chi connectivity index (χ2v) is 6.00. The Balaban J connectivity index is 1.77. The molecule has 0 spiro atoms. The Labute approximate surface area is 118 Å². The van der Waals surface area contributed by atoms with Crippen molar-refractivity contribution in [2.45, 2.75) is 32.4 Å². The van der Waals surface area contributed by atoms with Gasteiger partial charge in [0.25, 0.3) is 0 Å². The summed E-state index contributed by atoms with van der Waals surface area (Å²) >= 11 is 1.87. The number of aromatic nitrogens is 1. The van der Waals surface area contributed by atoms with Crippen molar-refractivity contribution in [1.82, 2.24) is 4.98 Å². The monoisotopic (exact) mass is 273 g/mol. The van der Waals surface area contributed by atoms with Crippen molar-refractivity contribution >= 4 is 17.0 Å². The van der Waals surface area contributed by atoms with Crippen LogP contribution in [0.3, 0.4) is 0 Å². The topological polar surface area (TPSA) is 42.1 Å². The van der Waals surface area contributed by atoms with Gasteiger partial charge in [-0.2, -0.15) is 0 Å². The third kappa shape index (κ3) is 2.51. The average molecular weight is 273 g/mol. The number of thiophene rings is 1. The van der Waals surface area contributed by atoms with Crippen LogP contribution in [0.1, 0.15) is 35.5 Å². The molecule has 2 N–H and O–H groups in total. The average Bonchev–Trinajstić information content (AvgIpc) is 2.94. The second-order valence-electron chi connectivity index (χ2n) is 5.00. The maximum absolute atomic E-state index is 6.00. The minimum absolute atomic E-state index is 0.0545. The van der Waals surface area contributed by atoms with E-state index < -0.39 is 0 Å². The van der Waals surface area contributed by atoms with Crippen LogP contribution in [0.15, 0.2) is 29.8 Å². The van der Waals surface area contributed by atoms with Crippen molar-refractivity contribution in [2.75, 3.05) is 11.4 Å². The molecule has 3 heterocycles. The third-order valence-corrected chi connectivity index (χ3v) is 4.79. The number of fused-ring (bicyclic) bond motifs is 1. The van der Waals surface area contributed by atoms with E-state index in [1.54, 1.807) is 0 Å². The second kappa shape index (κ2) is 5.31. The molecule has 2 aromatic heterocycles. The molecule has 100 valence electrons. The van der Waals surface area contributed by atoms with Crippen molar-refractivity contribution in [3.8, 4) is 0 Å². The molecule has 19 heavy (non-hydrogen) atoms. The van der Waals surface area contributed by atoms with E-state index in [1.165, 1.54) is 16.1 Å². The molecule has 0 unspecified atom stereocenters. The number of rotatable bonds is 3. The van der Waals surface area contributed by atoms with Crippen molar-refractivity contribution < 1.29 is 0 Å². The minimum atomic E-state index is 0.0545. The highest BCUT2D eigenvalue weighted by Crippen LogP contribution is 2.27. The van der Waals surface area contributed by atoms with Gasteiger partial charge in [-0.3, -0.25) is 4.98 Å². The first kappa shape index (κ1) is 12.6. The standard InChI is InChI=1S/C15H19N3S/c1-2-13(16)14-4-3-12(9-17-14)18-7-5-15-11(10-18)6-8-19-15/h3-4,6,8-9,13H,2,5,7,10,16H2,1H3/t13-/m1/s1. The van der Waals surface area contributed by atoms with Crippen molar-refractivity contribution in [3.05, 3.63) is 45.9 Å². The summed E-state index contributed by atoms with van der Waals surface area (Å²) < 4.78 is 0. The molecule has 0 bridgehead atoms. The third-order valence-electron chi connectivity index (χ3n) is 3.76. The first-order valence-corrected chi connectivity index (χ1v) is 7.67. The Morgan fingerprint density at radius 3 is 3.05 bits per heavy atom. The molecule has 0 saturated heterocycles. The lowest BCUT2D eigenvalue weighted by Crippen LogP contribution is -2.29. The van der Waals surface area contributed by atoms with E-state index >= 15 is 0 Å². The lowest BCUT2D eigenvalue weighted by molar-refractivity contribution is 0.673. The Kier molecular flexibility index (Phi) is 3.53. The minimum Gasteiger partial charge on any atom is -0.366 e. The fraction of sp³-hybridized carbons (Fsp3) is 0.400. The van der Waals surface area contributed by atoms with Gasteiger partial charge in [-0.05, 0) is 42.0 Å². The summed E-state index contributed by atoms with van der Waals surface area (Å²) in [5.41, 5.74) is 9.64. The normalized spacial score (nSPS) is 16.2. The molecule has 1 aliphatic rings. The Bertz CT molecular complexity index is 547. The zero-order chi connectivity index (χ0) is 13.2. The fourth-order valence-corrected chi connectivity index (χ4v) is 3.37. The van der Waals surface area contributed by atoms with Crippen LogP contribution < -0.4 is 10.6 Å². The molecule has 0 radical (unpaired) electrons. The number of pyridine rings is 1. The van der Waals surface area contributed by atoms with Gasteiger partial charge in [0.05, 0.1) is 17.6 Å². The zero-order valence-corrected chi connectivity index (χ0v) is 12.0. The highest BCUT2D eigenvalue weighted by atomic mass is 32.1. The Morgan fingerprint density at radius 2 is 2.32 bits per heavy atom. The van der Waals surface area contributed by atoms with Crippen LogP contribution in [0.25, 0.3) is 0 Å². The first-order valence-electron chi connectivity index (χ1n) is 6.79. The van der Waals surface area contributed by atoms with Crippen LogP contribution in [0.4, 0.5) is 5.69 Å². The largest absolute Gasteiger partial charge is 0.366 e. The molecule has 0 aromatic carbocycles. The van der Waals surface area contributed by atoms with Gasteiger partial charge in [0.1, 0.15) is 0 Å². The number of nitrogens with two attached hydrogens (primary N) is 1. The van der Waals surface area contributed by atoms with E-state index in [4.69, 9.17) is 5.73 Å². The lowest BCUT2D eigenvalue weighted by Gasteiger charge is -2.29. The van der Waals surface area contributed by atoms with Gasteiger partial charge >= 0.3 is 0 Å². The van der Waals surface area contributed by atoms with Crippen LogP contribution in [-0.4, -0.2) is 11.5 Å². The molecule has 3 nitrogen and oxygen atoms in total. The molecule has 0 saturated carbocycles. The maximum atomic E-state index is 6.00. The first-order chi connectivity index (χ1) is 9.28. The molecule has 1 aliphatic heterocycles. The van der Waals surface area contributed by atoms with E-state index in [0.29, 0.717) is 0 Å². The van der Waals surface area contributed by atoms with Crippen molar-refractivity contribution in [2.24, 2.45) is 5.73 Å². The van der Waals surface area contributed by atoms with Gasteiger partial charge in [0, 0.05) is 24.0 Å².